The van der Waals surface area contributed by atoms with Gasteiger partial charge in [0, 0.05) is 16.0 Å². The van der Waals surface area contributed by atoms with Gasteiger partial charge in [0.2, 0.25) is 0 Å². The maximum Gasteiger partial charge on any atom is 0.258 e. The highest BCUT2D eigenvalue weighted by Crippen LogP contribution is 2.32. The average Bonchev–Trinajstić information content (AvgIpc) is 3.11. The maximum atomic E-state index is 12.7. The molecule has 1 amide bonds. The Balaban J connectivity index is 1.75. The molecule has 3 heteroatoms. The Hall–Kier alpha value is -2.13. The summed E-state index contributed by atoms with van der Waals surface area (Å²) in [5.41, 5.74) is 4.20. The fourth-order valence-corrected chi connectivity index (χ4v) is 3.71. The number of rotatable bonds is 2. The Labute approximate surface area is 127 Å². The first kappa shape index (κ1) is 12.6. The van der Waals surface area contributed by atoms with Gasteiger partial charge in [-0.3, -0.25) is 4.79 Å². The quantitative estimate of drug-likeness (QED) is 0.675. The van der Waals surface area contributed by atoms with Crippen molar-refractivity contribution in [3.63, 3.8) is 0 Å². The summed E-state index contributed by atoms with van der Waals surface area (Å²) in [6.07, 6.45) is 0.960. The van der Waals surface area contributed by atoms with Crippen LogP contribution in [0.15, 0.2) is 47.8 Å². The van der Waals surface area contributed by atoms with E-state index in [1.807, 2.05) is 17.0 Å². The molecule has 0 aliphatic carbocycles. The molecule has 2 heterocycles. The second-order valence-corrected chi connectivity index (χ2v) is 6.33. The van der Waals surface area contributed by atoms with Gasteiger partial charge < -0.3 is 4.90 Å². The zero-order valence-electron chi connectivity index (χ0n) is 11.8. The van der Waals surface area contributed by atoms with Gasteiger partial charge in [-0.05, 0) is 52.6 Å². The standard InChI is InChI=1S/C18H15NOS/c1-2-12-3-4-14-11-19(18(20)16(14)9-12)15-6-5-13-7-8-21-17(13)10-15/h3-10H,2,11H2,1H3. The number of nitrogens with zero attached hydrogens (tertiary/aromatic N) is 1. The number of fused-ring (bicyclic) bond motifs is 2. The number of carbonyl (C=O) groups excluding carboxylic acids is 1. The van der Waals surface area contributed by atoms with Gasteiger partial charge in [0.05, 0.1) is 6.54 Å². The van der Waals surface area contributed by atoms with Gasteiger partial charge in [-0.15, -0.1) is 11.3 Å². The Morgan fingerprint density at radius 3 is 2.90 bits per heavy atom. The molecule has 0 unspecified atom stereocenters. The fourth-order valence-electron chi connectivity index (χ4n) is 2.89. The van der Waals surface area contributed by atoms with Gasteiger partial charge in [0.1, 0.15) is 0 Å². The zero-order valence-corrected chi connectivity index (χ0v) is 12.6. The Morgan fingerprint density at radius 1 is 1.14 bits per heavy atom. The molecule has 1 aromatic heterocycles. The topological polar surface area (TPSA) is 20.3 Å². The lowest BCUT2D eigenvalue weighted by Gasteiger charge is -2.15. The Morgan fingerprint density at radius 2 is 2.05 bits per heavy atom. The van der Waals surface area contributed by atoms with E-state index in [1.54, 1.807) is 11.3 Å². The van der Waals surface area contributed by atoms with Crippen LogP contribution in [-0.2, 0) is 13.0 Å². The molecule has 21 heavy (non-hydrogen) atoms. The summed E-state index contributed by atoms with van der Waals surface area (Å²) in [4.78, 5) is 14.5. The molecule has 0 radical (unpaired) electrons. The first-order valence-electron chi connectivity index (χ1n) is 7.17. The highest BCUT2D eigenvalue weighted by atomic mass is 32.1. The minimum Gasteiger partial charge on any atom is -0.304 e. The number of thiophene rings is 1. The third-order valence-corrected chi connectivity index (χ3v) is 5.02. The van der Waals surface area contributed by atoms with Crippen LogP contribution in [0.4, 0.5) is 5.69 Å². The van der Waals surface area contributed by atoms with Gasteiger partial charge >= 0.3 is 0 Å². The predicted molar refractivity (Wildman–Crippen MR) is 88.2 cm³/mol. The van der Waals surface area contributed by atoms with Crippen molar-refractivity contribution in [3.8, 4) is 0 Å². The summed E-state index contributed by atoms with van der Waals surface area (Å²) < 4.78 is 1.23. The highest BCUT2D eigenvalue weighted by molar-refractivity contribution is 7.17. The number of hydrogen-bond acceptors (Lipinski definition) is 2. The number of amides is 1. The minimum atomic E-state index is 0.121. The van der Waals surface area contributed by atoms with E-state index < -0.39 is 0 Å². The monoisotopic (exact) mass is 293 g/mol. The van der Waals surface area contributed by atoms with E-state index in [0.717, 1.165) is 23.2 Å². The number of aryl methyl sites for hydroxylation is 1. The second kappa shape index (κ2) is 4.71. The van der Waals surface area contributed by atoms with Gasteiger partial charge in [-0.1, -0.05) is 25.1 Å². The molecule has 104 valence electrons. The molecule has 4 rings (SSSR count). The molecule has 1 aliphatic rings. The van der Waals surface area contributed by atoms with Crippen LogP contribution in [0, 0.1) is 0 Å². The predicted octanol–water partition coefficient (Wildman–Crippen LogP) is 4.62. The molecule has 0 fully saturated rings. The van der Waals surface area contributed by atoms with Gasteiger partial charge in [0.25, 0.3) is 5.91 Å². The second-order valence-electron chi connectivity index (χ2n) is 5.38. The summed E-state index contributed by atoms with van der Waals surface area (Å²) in [6, 6.07) is 14.6. The van der Waals surface area contributed by atoms with Gasteiger partial charge in [-0.25, -0.2) is 0 Å². The normalized spacial score (nSPS) is 14.0. The first-order valence-corrected chi connectivity index (χ1v) is 8.05. The fraction of sp³-hybridized carbons (Fsp3) is 0.167. The SMILES string of the molecule is CCc1ccc2c(c1)C(=O)N(c1ccc3ccsc3c1)C2. The number of carbonyl (C=O) groups is 1. The van der Waals surface area contributed by atoms with Crippen LogP contribution < -0.4 is 4.90 Å². The van der Waals surface area contributed by atoms with Crippen LogP contribution in [0.2, 0.25) is 0 Å². The molecule has 0 N–H and O–H groups in total. The van der Waals surface area contributed by atoms with E-state index in [4.69, 9.17) is 0 Å². The van der Waals surface area contributed by atoms with Crippen LogP contribution in [0.25, 0.3) is 10.1 Å². The van der Waals surface area contributed by atoms with E-state index in [2.05, 4.69) is 42.6 Å². The smallest absolute Gasteiger partial charge is 0.258 e. The number of hydrogen-bond donors (Lipinski definition) is 0. The van der Waals surface area contributed by atoms with Crippen molar-refractivity contribution in [2.75, 3.05) is 4.90 Å². The van der Waals surface area contributed by atoms with Crippen molar-refractivity contribution >= 4 is 33.0 Å². The van der Waals surface area contributed by atoms with Crippen LogP contribution in [0.1, 0.15) is 28.4 Å². The van der Waals surface area contributed by atoms with E-state index in [0.29, 0.717) is 6.54 Å². The zero-order chi connectivity index (χ0) is 14.4. The van der Waals surface area contributed by atoms with Crippen molar-refractivity contribution in [1.29, 1.82) is 0 Å². The Bertz CT molecular complexity index is 849. The van der Waals surface area contributed by atoms with Crippen molar-refractivity contribution in [2.45, 2.75) is 19.9 Å². The maximum absolute atomic E-state index is 12.7. The molecule has 0 bridgehead atoms. The Kier molecular flexibility index (Phi) is 2.82. The van der Waals surface area contributed by atoms with Crippen molar-refractivity contribution in [3.05, 3.63) is 64.5 Å². The van der Waals surface area contributed by atoms with Crippen LogP contribution in [-0.4, -0.2) is 5.91 Å². The van der Waals surface area contributed by atoms with Crippen LogP contribution in [0.3, 0.4) is 0 Å². The van der Waals surface area contributed by atoms with E-state index >= 15 is 0 Å². The highest BCUT2D eigenvalue weighted by Gasteiger charge is 2.28. The van der Waals surface area contributed by atoms with Gasteiger partial charge in [0.15, 0.2) is 0 Å². The average molecular weight is 293 g/mol. The van der Waals surface area contributed by atoms with Crippen LogP contribution in [0.5, 0.6) is 0 Å². The summed E-state index contributed by atoms with van der Waals surface area (Å²) in [5, 5.41) is 3.32. The molecule has 0 saturated heterocycles. The first-order chi connectivity index (χ1) is 10.3. The summed E-state index contributed by atoms with van der Waals surface area (Å²) in [5.74, 6) is 0.121. The largest absolute Gasteiger partial charge is 0.304 e. The van der Waals surface area contributed by atoms with Gasteiger partial charge in [-0.2, -0.15) is 0 Å². The molecule has 0 spiro atoms. The van der Waals surface area contributed by atoms with Crippen molar-refractivity contribution in [2.24, 2.45) is 0 Å². The molecular weight excluding hydrogens is 278 g/mol. The minimum absolute atomic E-state index is 0.121. The van der Waals surface area contributed by atoms with E-state index in [9.17, 15) is 4.79 Å². The molecule has 0 atom stereocenters. The molecular formula is C18H15NOS. The third kappa shape index (κ3) is 1.96. The third-order valence-electron chi connectivity index (χ3n) is 4.14. The van der Waals surface area contributed by atoms with Crippen molar-refractivity contribution < 1.29 is 4.79 Å². The summed E-state index contributed by atoms with van der Waals surface area (Å²) >= 11 is 1.71. The number of anilines is 1. The van der Waals surface area contributed by atoms with Crippen LogP contribution >= 0.6 is 11.3 Å². The molecule has 0 saturated carbocycles. The lowest BCUT2D eigenvalue weighted by molar-refractivity contribution is 0.0996. The molecule has 1 aliphatic heterocycles. The van der Waals surface area contributed by atoms with E-state index in [1.165, 1.54) is 15.6 Å². The molecule has 2 nitrogen and oxygen atoms in total. The molecule has 2 aromatic carbocycles. The molecule has 3 aromatic rings. The summed E-state index contributed by atoms with van der Waals surface area (Å²) in [7, 11) is 0. The number of benzene rings is 2. The van der Waals surface area contributed by atoms with Crippen molar-refractivity contribution in [1.82, 2.24) is 0 Å². The van der Waals surface area contributed by atoms with E-state index in [-0.39, 0.29) is 5.91 Å². The lowest BCUT2D eigenvalue weighted by Crippen LogP contribution is -2.22. The lowest BCUT2D eigenvalue weighted by atomic mass is 10.0. The summed E-state index contributed by atoms with van der Waals surface area (Å²) in [6.45, 7) is 2.79.